The van der Waals surface area contributed by atoms with Crippen molar-refractivity contribution in [2.45, 2.75) is 31.9 Å². The molecule has 20 heavy (non-hydrogen) atoms. The molecule has 1 fully saturated rings. The molecular formula is C13H18N6O. The maximum absolute atomic E-state index is 5.82. The topological polar surface area (TPSA) is 105 Å². The number of rotatable bonds is 3. The van der Waals surface area contributed by atoms with Crippen LogP contribution in [0.2, 0.25) is 0 Å². The van der Waals surface area contributed by atoms with Crippen LogP contribution in [0.1, 0.15) is 19.3 Å². The molecule has 0 aliphatic carbocycles. The number of tetrazole rings is 1. The SMILES string of the molecule is Nc1cc(N)cc(-c2nnnn2CC2CCCCO2)c1. The normalized spacial score (nSPS) is 19.1. The zero-order chi connectivity index (χ0) is 13.9. The number of anilines is 2. The Kier molecular flexibility index (Phi) is 3.51. The van der Waals surface area contributed by atoms with Crippen molar-refractivity contribution in [2.75, 3.05) is 18.1 Å². The summed E-state index contributed by atoms with van der Waals surface area (Å²) < 4.78 is 7.48. The van der Waals surface area contributed by atoms with E-state index in [1.807, 2.05) is 12.1 Å². The molecular weight excluding hydrogens is 256 g/mol. The number of hydrogen-bond donors (Lipinski definition) is 2. The molecule has 7 heteroatoms. The maximum atomic E-state index is 5.82. The summed E-state index contributed by atoms with van der Waals surface area (Å²) in [5.41, 5.74) is 13.7. The molecule has 106 valence electrons. The quantitative estimate of drug-likeness (QED) is 0.811. The number of nitrogens with zero attached hydrogens (tertiary/aromatic N) is 4. The van der Waals surface area contributed by atoms with Gasteiger partial charge in [0.05, 0.1) is 12.6 Å². The Labute approximate surface area is 116 Å². The van der Waals surface area contributed by atoms with Crippen LogP contribution < -0.4 is 11.5 Å². The van der Waals surface area contributed by atoms with Crippen molar-refractivity contribution in [1.82, 2.24) is 20.2 Å². The summed E-state index contributed by atoms with van der Waals surface area (Å²) >= 11 is 0. The standard InChI is InChI=1S/C13H18N6O/c14-10-5-9(6-11(15)7-10)13-16-17-18-19(13)8-12-3-1-2-4-20-12/h5-7,12H,1-4,8,14-15H2. The van der Waals surface area contributed by atoms with E-state index >= 15 is 0 Å². The average Bonchev–Trinajstić information content (AvgIpc) is 2.87. The third-order valence-electron chi connectivity index (χ3n) is 3.42. The fourth-order valence-corrected chi connectivity index (χ4v) is 2.48. The van der Waals surface area contributed by atoms with Gasteiger partial charge in [0.1, 0.15) is 0 Å². The molecule has 1 aliphatic heterocycles. The summed E-state index contributed by atoms with van der Waals surface area (Å²) in [7, 11) is 0. The molecule has 1 aromatic heterocycles. The first-order valence-corrected chi connectivity index (χ1v) is 6.76. The van der Waals surface area contributed by atoms with Crippen molar-refractivity contribution in [2.24, 2.45) is 0 Å². The maximum Gasteiger partial charge on any atom is 0.182 e. The van der Waals surface area contributed by atoms with Gasteiger partial charge in [-0.3, -0.25) is 0 Å². The lowest BCUT2D eigenvalue weighted by atomic mass is 10.1. The number of aromatic nitrogens is 4. The molecule has 1 aromatic carbocycles. The van der Waals surface area contributed by atoms with Gasteiger partial charge in [0.15, 0.2) is 5.82 Å². The van der Waals surface area contributed by atoms with E-state index in [1.54, 1.807) is 10.7 Å². The first kappa shape index (κ1) is 12.9. The highest BCUT2D eigenvalue weighted by Gasteiger charge is 2.18. The van der Waals surface area contributed by atoms with E-state index < -0.39 is 0 Å². The summed E-state index contributed by atoms with van der Waals surface area (Å²) in [5.74, 6) is 0.665. The van der Waals surface area contributed by atoms with Crippen molar-refractivity contribution >= 4 is 11.4 Å². The molecule has 0 amide bonds. The zero-order valence-corrected chi connectivity index (χ0v) is 11.2. The van der Waals surface area contributed by atoms with E-state index in [0.717, 1.165) is 25.0 Å². The number of benzene rings is 1. The molecule has 0 spiro atoms. The highest BCUT2D eigenvalue weighted by atomic mass is 16.5. The fraction of sp³-hybridized carbons (Fsp3) is 0.462. The van der Waals surface area contributed by atoms with Crippen LogP contribution in [-0.2, 0) is 11.3 Å². The fourth-order valence-electron chi connectivity index (χ4n) is 2.48. The molecule has 0 bridgehead atoms. The molecule has 1 unspecified atom stereocenters. The third-order valence-corrected chi connectivity index (χ3v) is 3.42. The number of ether oxygens (including phenoxy) is 1. The molecule has 4 N–H and O–H groups in total. The molecule has 2 aromatic rings. The Morgan fingerprint density at radius 2 is 2.00 bits per heavy atom. The van der Waals surface area contributed by atoms with Crippen molar-refractivity contribution in [3.8, 4) is 11.4 Å². The molecule has 0 radical (unpaired) electrons. The van der Waals surface area contributed by atoms with Gasteiger partial charge in [-0.25, -0.2) is 4.68 Å². The molecule has 3 rings (SSSR count). The second-order valence-corrected chi connectivity index (χ2v) is 5.06. The van der Waals surface area contributed by atoms with Crippen LogP contribution in [0.25, 0.3) is 11.4 Å². The minimum atomic E-state index is 0.171. The summed E-state index contributed by atoms with van der Waals surface area (Å²) in [5, 5.41) is 11.9. The summed E-state index contributed by atoms with van der Waals surface area (Å²) in [6, 6.07) is 5.35. The smallest absolute Gasteiger partial charge is 0.182 e. The predicted octanol–water partition coefficient (Wildman–Crippen LogP) is 1.07. The third kappa shape index (κ3) is 2.72. The lowest BCUT2D eigenvalue weighted by molar-refractivity contribution is 0.00397. The van der Waals surface area contributed by atoms with Gasteiger partial charge in [-0.05, 0) is 47.9 Å². The van der Waals surface area contributed by atoms with Crippen molar-refractivity contribution in [3.05, 3.63) is 18.2 Å². The Morgan fingerprint density at radius 3 is 2.70 bits per heavy atom. The van der Waals surface area contributed by atoms with E-state index in [-0.39, 0.29) is 6.10 Å². The molecule has 1 atom stereocenters. The van der Waals surface area contributed by atoms with Gasteiger partial charge in [0.2, 0.25) is 0 Å². The number of nitrogen functional groups attached to an aromatic ring is 2. The first-order chi connectivity index (χ1) is 9.72. The van der Waals surface area contributed by atoms with Gasteiger partial charge in [0, 0.05) is 23.5 Å². The second-order valence-electron chi connectivity index (χ2n) is 5.06. The number of hydrogen-bond acceptors (Lipinski definition) is 6. The van der Waals surface area contributed by atoms with Gasteiger partial charge in [-0.1, -0.05) is 0 Å². The van der Waals surface area contributed by atoms with E-state index in [9.17, 15) is 0 Å². The lowest BCUT2D eigenvalue weighted by Crippen LogP contribution is -2.25. The van der Waals surface area contributed by atoms with Gasteiger partial charge >= 0.3 is 0 Å². The Bertz CT molecular complexity index is 570. The summed E-state index contributed by atoms with van der Waals surface area (Å²) in [4.78, 5) is 0. The van der Waals surface area contributed by atoms with Crippen LogP contribution in [0.4, 0.5) is 11.4 Å². The lowest BCUT2D eigenvalue weighted by Gasteiger charge is -2.22. The monoisotopic (exact) mass is 274 g/mol. The van der Waals surface area contributed by atoms with Crippen LogP contribution in [0.3, 0.4) is 0 Å². The number of nitrogens with two attached hydrogens (primary N) is 2. The van der Waals surface area contributed by atoms with Crippen LogP contribution in [-0.4, -0.2) is 32.9 Å². The second kappa shape index (κ2) is 5.46. The average molecular weight is 274 g/mol. The Hall–Kier alpha value is -2.15. The van der Waals surface area contributed by atoms with Crippen LogP contribution >= 0.6 is 0 Å². The minimum absolute atomic E-state index is 0.171. The van der Waals surface area contributed by atoms with Gasteiger partial charge in [-0.2, -0.15) is 0 Å². The van der Waals surface area contributed by atoms with Crippen molar-refractivity contribution < 1.29 is 4.74 Å². The van der Waals surface area contributed by atoms with E-state index in [2.05, 4.69) is 15.5 Å². The Morgan fingerprint density at radius 1 is 1.20 bits per heavy atom. The largest absolute Gasteiger partial charge is 0.399 e. The molecule has 0 saturated carbocycles. The van der Waals surface area contributed by atoms with E-state index in [0.29, 0.717) is 23.7 Å². The highest BCUT2D eigenvalue weighted by molar-refractivity contribution is 5.67. The molecule has 7 nitrogen and oxygen atoms in total. The Balaban J connectivity index is 1.85. The van der Waals surface area contributed by atoms with Crippen molar-refractivity contribution in [3.63, 3.8) is 0 Å². The van der Waals surface area contributed by atoms with Crippen LogP contribution in [0.5, 0.6) is 0 Å². The van der Waals surface area contributed by atoms with E-state index in [4.69, 9.17) is 16.2 Å². The highest BCUT2D eigenvalue weighted by Crippen LogP contribution is 2.23. The first-order valence-electron chi connectivity index (χ1n) is 6.76. The molecule has 1 saturated heterocycles. The van der Waals surface area contributed by atoms with Gasteiger partial charge < -0.3 is 16.2 Å². The van der Waals surface area contributed by atoms with Crippen molar-refractivity contribution in [1.29, 1.82) is 0 Å². The van der Waals surface area contributed by atoms with Crippen LogP contribution in [0, 0.1) is 0 Å². The van der Waals surface area contributed by atoms with Gasteiger partial charge in [-0.15, -0.1) is 5.10 Å². The zero-order valence-electron chi connectivity index (χ0n) is 11.2. The van der Waals surface area contributed by atoms with Crippen LogP contribution in [0.15, 0.2) is 18.2 Å². The summed E-state index contributed by atoms with van der Waals surface area (Å²) in [6.45, 7) is 1.46. The summed E-state index contributed by atoms with van der Waals surface area (Å²) in [6.07, 6.45) is 3.53. The van der Waals surface area contributed by atoms with E-state index in [1.165, 1.54) is 6.42 Å². The predicted molar refractivity (Wildman–Crippen MR) is 75.7 cm³/mol. The molecule has 1 aliphatic rings. The molecule has 2 heterocycles. The minimum Gasteiger partial charge on any atom is -0.399 e. The van der Waals surface area contributed by atoms with Gasteiger partial charge in [0.25, 0.3) is 0 Å².